The normalized spacial score (nSPS) is 14.7. The molecule has 2 aromatic carbocycles. The van der Waals surface area contributed by atoms with E-state index in [4.69, 9.17) is 0 Å². The first-order valence-corrected chi connectivity index (χ1v) is 9.84. The van der Waals surface area contributed by atoms with Gasteiger partial charge in [0, 0.05) is 6.04 Å². The van der Waals surface area contributed by atoms with Crippen molar-refractivity contribution >= 4 is 23.4 Å². The molecule has 4 rings (SSSR count). The van der Waals surface area contributed by atoms with Crippen molar-refractivity contribution in [2.24, 2.45) is 0 Å². The SMILES string of the molecule is C[C@H](Sc1nnc(-c2ccccc2F)n1C1CC1)C(=O)Nc1ccccc1F. The van der Waals surface area contributed by atoms with Crippen molar-refractivity contribution in [1.29, 1.82) is 0 Å². The summed E-state index contributed by atoms with van der Waals surface area (Å²) in [5, 5.41) is 11.0. The van der Waals surface area contributed by atoms with Gasteiger partial charge in [0.25, 0.3) is 0 Å². The molecule has 1 N–H and O–H groups in total. The second-order valence-electron chi connectivity index (χ2n) is 6.62. The van der Waals surface area contributed by atoms with E-state index in [1.165, 1.54) is 30.0 Å². The summed E-state index contributed by atoms with van der Waals surface area (Å²) in [4.78, 5) is 12.5. The molecule has 0 aliphatic heterocycles. The lowest BCUT2D eigenvalue weighted by atomic mass is 10.2. The summed E-state index contributed by atoms with van der Waals surface area (Å²) in [5.41, 5.74) is 0.521. The van der Waals surface area contributed by atoms with Crippen LogP contribution in [0.25, 0.3) is 11.4 Å². The second-order valence-corrected chi connectivity index (χ2v) is 7.92. The number of aromatic nitrogens is 3. The van der Waals surface area contributed by atoms with Crippen LogP contribution in [0.5, 0.6) is 0 Å². The number of nitrogens with one attached hydrogen (secondary N) is 1. The summed E-state index contributed by atoms with van der Waals surface area (Å²) >= 11 is 1.23. The van der Waals surface area contributed by atoms with Crippen LogP contribution in [0, 0.1) is 11.6 Å². The summed E-state index contributed by atoms with van der Waals surface area (Å²) in [5.74, 6) is -0.729. The molecule has 0 saturated heterocycles. The highest BCUT2D eigenvalue weighted by Crippen LogP contribution is 2.42. The van der Waals surface area contributed by atoms with E-state index in [-0.39, 0.29) is 23.5 Å². The van der Waals surface area contributed by atoms with E-state index in [0.29, 0.717) is 16.5 Å². The van der Waals surface area contributed by atoms with E-state index in [0.717, 1.165) is 12.8 Å². The zero-order valence-electron chi connectivity index (χ0n) is 15.1. The number of rotatable bonds is 6. The Hall–Kier alpha value is -2.74. The minimum absolute atomic E-state index is 0.135. The first kappa shape index (κ1) is 18.6. The average molecular weight is 400 g/mol. The number of carbonyl (C=O) groups excluding carboxylic acids is 1. The third-order valence-electron chi connectivity index (χ3n) is 4.47. The van der Waals surface area contributed by atoms with Crippen LogP contribution in [0.1, 0.15) is 25.8 Å². The van der Waals surface area contributed by atoms with Gasteiger partial charge in [0.2, 0.25) is 5.91 Å². The van der Waals surface area contributed by atoms with Crippen LogP contribution < -0.4 is 5.32 Å². The van der Waals surface area contributed by atoms with Gasteiger partial charge in [-0.1, -0.05) is 36.0 Å². The molecule has 8 heteroatoms. The summed E-state index contributed by atoms with van der Waals surface area (Å²) in [6.45, 7) is 1.72. The van der Waals surface area contributed by atoms with Crippen LogP contribution in [0.15, 0.2) is 53.7 Å². The lowest BCUT2D eigenvalue weighted by Crippen LogP contribution is -2.23. The van der Waals surface area contributed by atoms with Gasteiger partial charge in [-0.2, -0.15) is 0 Å². The number of carbonyl (C=O) groups is 1. The highest BCUT2D eigenvalue weighted by atomic mass is 32.2. The van der Waals surface area contributed by atoms with Crippen molar-refractivity contribution < 1.29 is 13.6 Å². The number of halogens is 2. The van der Waals surface area contributed by atoms with Gasteiger partial charge in [0.1, 0.15) is 11.6 Å². The lowest BCUT2D eigenvalue weighted by Gasteiger charge is -2.14. The molecular formula is C20H18F2N4OS. The number of nitrogens with zero attached hydrogens (tertiary/aromatic N) is 3. The maximum atomic E-state index is 14.2. The minimum atomic E-state index is -0.533. The molecule has 1 saturated carbocycles. The smallest absolute Gasteiger partial charge is 0.237 e. The molecule has 1 atom stereocenters. The van der Waals surface area contributed by atoms with Crippen LogP contribution in [0.4, 0.5) is 14.5 Å². The van der Waals surface area contributed by atoms with E-state index in [9.17, 15) is 13.6 Å². The van der Waals surface area contributed by atoms with Crippen molar-refractivity contribution in [2.45, 2.75) is 36.2 Å². The van der Waals surface area contributed by atoms with E-state index < -0.39 is 11.1 Å². The zero-order chi connectivity index (χ0) is 19.7. The fourth-order valence-corrected chi connectivity index (χ4v) is 3.77. The number of hydrogen-bond donors (Lipinski definition) is 1. The molecule has 28 heavy (non-hydrogen) atoms. The standard InChI is InChI=1S/C20H18F2N4OS/c1-12(19(27)23-17-9-5-4-8-16(17)22)28-20-25-24-18(26(20)13-10-11-13)14-6-2-3-7-15(14)21/h2-9,12-13H,10-11H2,1H3,(H,23,27)/t12-/m0/s1. The monoisotopic (exact) mass is 400 g/mol. The average Bonchev–Trinajstić information content (AvgIpc) is 3.44. The van der Waals surface area contributed by atoms with E-state index in [2.05, 4.69) is 15.5 Å². The number of hydrogen-bond acceptors (Lipinski definition) is 4. The number of para-hydroxylation sites is 1. The molecular weight excluding hydrogens is 382 g/mol. The molecule has 1 heterocycles. The van der Waals surface area contributed by atoms with E-state index in [1.54, 1.807) is 37.3 Å². The Labute approximate surface area is 165 Å². The Morgan fingerprint density at radius 2 is 1.79 bits per heavy atom. The molecule has 1 aliphatic rings. The van der Waals surface area contributed by atoms with Crippen LogP contribution in [0.3, 0.4) is 0 Å². The fraction of sp³-hybridized carbons (Fsp3) is 0.250. The van der Waals surface area contributed by atoms with Gasteiger partial charge in [0.05, 0.1) is 16.5 Å². The second kappa shape index (κ2) is 7.71. The quantitative estimate of drug-likeness (QED) is 0.611. The van der Waals surface area contributed by atoms with Gasteiger partial charge in [0.15, 0.2) is 11.0 Å². The molecule has 0 radical (unpaired) electrons. The Morgan fingerprint density at radius 1 is 1.11 bits per heavy atom. The Bertz CT molecular complexity index is 1020. The van der Waals surface area contributed by atoms with Crippen molar-refractivity contribution in [3.8, 4) is 11.4 Å². The fourth-order valence-electron chi connectivity index (χ4n) is 2.85. The Morgan fingerprint density at radius 3 is 2.46 bits per heavy atom. The number of anilines is 1. The van der Waals surface area contributed by atoms with E-state index >= 15 is 0 Å². The highest BCUT2D eigenvalue weighted by molar-refractivity contribution is 8.00. The molecule has 0 spiro atoms. The molecule has 3 aromatic rings. The van der Waals surface area contributed by atoms with Crippen LogP contribution in [0.2, 0.25) is 0 Å². The van der Waals surface area contributed by atoms with Crippen molar-refractivity contribution in [3.05, 3.63) is 60.2 Å². The van der Waals surface area contributed by atoms with Gasteiger partial charge in [-0.05, 0) is 44.0 Å². The van der Waals surface area contributed by atoms with Crippen molar-refractivity contribution in [3.63, 3.8) is 0 Å². The maximum Gasteiger partial charge on any atom is 0.237 e. The van der Waals surface area contributed by atoms with Crippen molar-refractivity contribution in [2.75, 3.05) is 5.32 Å². The highest BCUT2D eigenvalue weighted by Gasteiger charge is 2.32. The van der Waals surface area contributed by atoms with Crippen molar-refractivity contribution in [1.82, 2.24) is 14.8 Å². The topological polar surface area (TPSA) is 59.8 Å². The molecule has 0 unspecified atom stereocenters. The molecule has 144 valence electrons. The lowest BCUT2D eigenvalue weighted by molar-refractivity contribution is -0.115. The van der Waals surface area contributed by atoms with Gasteiger partial charge < -0.3 is 5.32 Å². The Kier molecular flexibility index (Phi) is 5.13. The minimum Gasteiger partial charge on any atom is -0.323 e. The third-order valence-corrected chi connectivity index (χ3v) is 5.53. The molecule has 1 amide bonds. The third kappa shape index (κ3) is 3.77. The number of benzene rings is 2. The molecule has 1 fully saturated rings. The summed E-state index contributed by atoms with van der Waals surface area (Å²) in [7, 11) is 0. The van der Waals surface area contributed by atoms with Crippen LogP contribution in [-0.4, -0.2) is 25.9 Å². The molecule has 1 aromatic heterocycles. The number of thioether (sulfide) groups is 1. The van der Waals surface area contributed by atoms with Crippen LogP contribution >= 0.6 is 11.8 Å². The molecule has 0 bridgehead atoms. The molecule has 1 aliphatic carbocycles. The predicted molar refractivity (Wildman–Crippen MR) is 104 cm³/mol. The predicted octanol–water partition coefficient (Wildman–Crippen LogP) is 4.68. The first-order chi connectivity index (χ1) is 13.5. The molecule has 5 nitrogen and oxygen atoms in total. The summed E-state index contributed by atoms with van der Waals surface area (Å²) in [6.07, 6.45) is 1.92. The van der Waals surface area contributed by atoms with Gasteiger partial charge in [-0.3, -0.25) is 9.36 Å². The van der Waals surface area contributed by atoms with E-state index in [1.807, 2.05) is 4.57 Å². The summed E-state index contributed by atoms with van der Waals surface area (Å²) in [6, 6.07) is 12.6. The van der Waals surface area contributed by atoms with Crippen LogP contribution in [-0.2, 0) is 4.79 Å². The maximum absolute atomic E-state index is 14.2. The largest absolute Gasteiger partial charge is 0.323 e. The Balaban J connectivity index is 1.56. The van der Waals surface area contributed by atoms with Gasteiger partial charge in [-0.15, -0.1) is 10.2 Å². The summed E-state index contributed by atoms with van der Waals surface area (Å²) < 4.78 is 29.9. The first-order valence-electron chi connectivity index (χ1n) is 8.96. The van der Waals surface area contributed by atoms with Gasteiger partial charge >= 0.3 is 0 Å². The number of amides is 1. The zero-order valence-corrected chi connectivity index (χ0v) is 15.9. The van der Waals surface area contributed by atoms with Gasteiger partial charge in [-0.25, -0.2) is 8.78 Å².